The molecule has 2 heterocycles. The van der Waals surface area contributed by atoms with Crippen LogP contribution in [0.25, 0.3) is 0 Å². The number of rotatable bonds is 5. The zero-order valence-electron chi connectivity index (χ0n) is 21.3. The van der Waals surface area contributed by atoms with Crippen LogP contribution in [0.2, 0.25) is 0 Å². The summed E-state index contributed by atoms with van der Waals surface area (Å²) in [6, 6.07) is 25.9. The van der Waals surface area contributed by atoms with Gasteiger partial charge in [0.2, 0.25) is 5.91 Å². The van der Waals surface area contributed by atoms with Gasteiger partial charge in [0.1, 0.15) is 0 Å². The van der Waals surface area contributed by atoms with Crippen LogP contribution in [0.3, 0.4) is 0 Å². The maximum atomic E-state index is 12.7. The second-order valence-corrected chi connectivity index (χ2v) is 10.9. The number of nitrogens with zero attached hydrogens (tertiary/aromatic N) is 3. The molecule has 35 heavy (non-hydrogen) atoms. The van der Waals surface area contributed by atoms with E-state index in [1.807, 2.05) is 23.1 Å². The maximum Gasteiger partial charge on any atom is 0.227 e. The molecule has 0 bridgehead atoms. The quantitative estimate of drug-likeness (QED) is 0.475. The molecule has 4 nitrogen and oxygen atoms in total. The van der Waals surface area contributed by atoms with E-state index in [2.05, 4.69) is 85.2 Å². The van der Waals surface area contributed by atoms with Crippen molar-refractivity contribution in [2.75, 3.05) is 36.0 Å². The first-order chi connectivity index (χ1) is 16.9. The van der Waals surface area contributed by atoms with Gasteiger partial charge in [0.25, 0.3) is 0 Å². The van der Waals surface area contributed by atoms with E-state index in [0.717, 1.165) is 44.8 Å². The van der Waals surface area contributed by atoms with Crippen molar-refractivity contribution in [2.45, 2.75) is 52.1 Å². The van der Waals surface area contributed by atoms with Gasteiger partial charge in [-0.2, -0.15) is 0 Å². The fourth-order valence-corrected chi connectivity index (χ4v) is 5.48. The lowest BCUT2D eigenvalue weighted by Gasteiger charge is -2.38. The monoisotopic (exact) mass is 467 g/mol. The lowest BCUT2D eigenvalue weighted by Crippen LogP contribution is -2.46. The van der Waals surface area contributed by atoms with Crippen LogP contribution in [0.15, 0.2) is 72.8 Å². The lowest BCUT2D eigenvalue weighted by atomic mass is 9.83. The minimum atomic E-state index is 0.164. The Balaban J connectivity index is 1.25. The van der Waals surface area contributed by atoms with Crippen LogP contribution in [0.1, 0.15) is 49.4 Å². The Labute approximate surface area is 210 Å². The van der Waals surface area contributed by atoms with Crippen molar-refractivity contribution in [3.05, 3.63) is 95.1 Å². The first-order valence-corrected chi connectivity index (χ1v) is 12.9. The number of aryl methyl sites for hydroxylation is 1. The Bertz CT molecular complexity index is 1170. The highest BCUT2D eigenvalue weighted by Gasteiger charge is 2.26. The van der Waals surface area contributed by atoms with Crippen molar-refractivity contribution in [1.29, 1.82) is 0 Å². The number of anilines is 2. The molecule has 2 aliphatic rings. The molecule has 0 N–H and O–H groups in total. The van der Waals surface area contributed by atoms with Crippen molar-refractivity contribution in [2.24, 2.45) is 0 Å². The highest BCUT2D eigenvalue weighted by atomic mass is 16.2. The summed E-state index contributed by atoms with van der Waals surface area (Å²) in [7, 11) is 0. The van der Waals surface area contributed by atoms with Gasteiger partial charge in [0.05, 0.1) is 6.54 Å². The third-order valence-electron chi connectivity index (χ3n) is 7.40. The van der Waals surface area contributed by atoms with E-state index >= 15 is 0 Å². The van der Waals surface area contributed by atoms with E-state index in [1.165, 1.54) is 27.9 Å². The number of piperazine rings is 1. The van der Waals surface area contributed by atoms with Crippen molar-refractivity contribution < 1.29 is 4.79 Å². The summed E-state index contributed by atoms with van der Waals surface area (Å²) in [5.74, 6) is 0.221. The Morgan fingerprint density at radius 3 is 2.23 bits per heavy atom. The van der Waals surface area contributed by atoms with E-state index in [-0.39, 0.29) is 11.3 Å². The fraction of sp³-hybridized carbons (Fsp3) is 0.387. The minimum Gasteiger partial charge on any atom is -0.369 e. The molecule has 1 amide bonds. The number of carbonyl (C=O) groups excluding carboxylic acids is 1. The summed E-state index contributed by atoms with van der Waals surface area (Å²) >= 11 is 0. The van der Waals surface area contributed by atoms with E-state index < -0.39 is 0 Å². The van der Waals surface area contributed by atoms with Gasteiger partial charge in [-0.1, -0.05) is 75.4 Å². The normalized spacial score (nSPS) is 16.9. The first kappa shape index (κ1) is 23.6. The molecule has 0 atom stereocenters. The summed E-state index contributed by atoms with van der Waals surface area (Å²) in [5, 5.41) is 0. The summed E-state index contributed by atoms with van der Waals surface area (Å²) in [5.41, 5.74) is 7.88. The molecule has 4 heteroatoms. The van der Waals surface area contributed by atoms with Crippen LogP contribution >= 0.6 is 0 Å². The zero-order chi connectivity index (χ0) is 24.4. The number of carbonyl (C=O) groups is 1. The third-order valence-corrected chi connectivity index (χ3v) is 7.40. The van der Waals surface area contributed by atoms with Crippen molar-refractivity contribution in [1.82, 2.24) is 4.90 Å². The molecule has 1 fully saturated rings. The average molecular weight is 468 g/mol. The zero-order valence-corrected chi connectivity index (χ0v) is 21.3. The van der Waals surface area contributed by atoms with E-state index in [0.29, 0.717) is 13.0 Å². The Hall–Kier alpha value is -3.11. The van der Waals surface area contributed by atoms with Crippen LogP contribution in [-0.4, -0.2) is 37.0 Å². The van der Waals surface area contributed by atoms with Gasteiger partial charge < -0.3 is 9.80 Å². The Morgan fingerprint density at radius 1 is 0.771 bits per heavy atom. The molecule has 0 spiro atoms. The predicted molar refractivity (Wildman–Crippen MR) is 145 cm³/mol. The highest BCUT2D eigenvalue weighted by Crippen LogP contribution is 2.33. The molecule has 3 aromatic rings. The average Bonchev–Trinajstić information content (AvgIpc) is 2.86. The van der Waals surface area contributed by atoms with Gasteiger partial charge in [-0.15, -0.1) is 0 Å². The summed E-state index contributed by atoms with van der Waals surface area (Å²) in [4.78, 5) is 19.8. The van der Waals surface area contributed by atoms with Crippen molar-refractivity contribution in [3.8, 4) is 0 Å². The molecule has 1 saturated heterocycles. The lowest BCUT2D eigenvalue weighted by molar-refractivity contribution is -0.119. The molecule has 0 aromatic heterocycles. The summed E-state index contributed by atoms with van der Waals surface area (Å²) < 4.78 is 0. The molecule has 2 aliphatic heterocycles. The molecule has 5 rings (SSSR count). The SMILES string of the molecule is CC(C)(C)c1ccccc1CN1CCN(c2ccc3c(c2)CCC(=O)N3Cc2ccccc2)CC1. The number of amides is 1. The van der Waals surface area contributed by atoms with Crippen molar-refractivity contribution in [3.63, 3.8) is 0 Å². The van der Waals surface area contributed by atoms with Crippen LogP contribution < -0.4 is 9.80 Å². The highest BCUT2D eigenvalue weighted by molar-refractivity contribution is 5.96. The van der Waals surface area contributed by atoms with Crippen LogP contribution in [0.5, 0.6) is 0 Å². The maximum absolute atomic E-state index is 12.7. The van der Waals surface area contributed by atoms with Crippen LogP contribution in [-0.2, 0) is 29.7 Å². The minimum absolute atomic E-state index is 0.164. The molecule has 0 radical (unpaired) electrons. The first-order valence-electron chi connectivity index (χ1n) is 12.9. The number of hydrogen-bond donors (Lipinski definition) is 0. The molecule has 0 saturated carbocycles. The predicted octanol–water partition coefficient (Wildman–Crippen LogP) is 5.79. The number of hydrogen-bond acceptors (Lipinski definition) is 3. The van der Waals surface area contributed by atoms with Crippen molar-refractivity contribution >= 4 is 17.3 Å². The van der Waals surface area contributed by atoms with Gasteiger partial charge in [-0.05, 0) is 52.3 Å². The third kappa shape index (κ3) is 5.28. The van der Waals surface area contributed by atoms with Gasteiger partial charge in [0.15, 0.2) is 0 Å². The second-order valence-electron chi connectivity index (χ2n) is 10.9. The van der Waals surface area contributed by atoms with Gasteiger partial charge in [-0.25, -0.2) is 0 Å². The van der Waals surface area contributed by atoms with E-state index in [9.17, 15) is 4.79 Å². The molecule has 0 aliphatic carbocycles. The molecule has 3 aromatic carbocycles. The smallest absolute Gasteiger partial charge is 0.227 e. The van der Waals surface area contributed by atoms with Gasteiger partial charge in [-0.3, -0.25) is 9.69 Å². The molecule has 182 valence electrons. The van der Waals surface area contributed by atoms with E-state index in [4.69, 9.17) is 0 Å². The fourth-order valence-electron chi connectivity index (χ4n) is 5.48. The van der Waals surface area contributed by atoms with E-state index in [1.54, 1.807) is 0 Å². The standard InChI is InChI=1S/C31H37N3O/c1-31(2,3)28-12-8-7-11-26(28)23-32-17-19-33(20-18-32)27-14-15-29-25(21-27)13-16-30(35)34(29)22-24-9-5-4-6-10-24/h4-12,14-15,21H,13,16-20,22-23H2,1-3H3. The number of fused-ring (bicyclic) bond motifs is 1. The topological polar surface area (TPSA) is 26.8 Å². The van der Waals surface area contributed by atoms with Gasteiger partial charge >= 0.3 is 0 Å². The number of benzene rings is 3. The Kier molecular flexibility index (Phi) is 6.66. The second kappa shape index (κ2) is 9.87. The largest absolute Gasteiger partial charge is 0.369 e. The van der Waals surface area contributed by atoms with Gasteiger partial charge in [0, 0.05) is 50.5 Å². The van der Waals surface area contributed by atoms with Crippen LogP contribution in [0, 0.1) is 0 Å². The molecule has 0 unspecified atom stereocenters. The summed E-state index contributed by atoms with van der Waals surface area (Å²) in [6.07, 6.45) is 1.42. The molecular weight excluding hydrogens is 430 g/mol. The summed E-state index contributed by atoms with van der Waals surface area (Å²) in [6.45, 7) is 12.7. The molecular formula is C31H37N3O. The Morgan fingerprint density at radius 2 is 1.49 bits per heavy atom. The van der Waals surface area contributed by atoms with Crippen LogP contribution in [0.4, 0.5) is 11.4 Å².